The van der Waals surface area contributed by atoms with Crippen LogP contribution in [-0.2, 0) is 6.54 Å². The summed E-state index contributed by atoms with van der Waals surface area (Å²) in [7, 11) is 1.61. The molecule has 0 aliphatic carbocycles. The van der Waals surface area contributed by atoms with Crippen molar-refractivity contribution in [1.29, 1.82) is 0 Å². The molecule has 0 atom stereocenters. The van der Waals surface area contributed by atoms with E-state index >= 15 is 0 Å². The summed E-state index contributed by atoms with van der Waals surface area (Å²) in [6, 6.07) is 10.2. The molecule has 0 saturated carbocycles. The first-order chi connectivity index (χ1) is 9.47. The zero-order chi connectivity index (χ0) is 14.7. The molecule has 0 spiro atoms. The van der Waals surface area contributed by atoms with E-state index in [1.54, 1.807) is 32.2 Å². The van der Waals surface area contributed by atoms with Gasteiger partial charge in [-0.05, 0) is 42.3 Å². The van der Waals surface area contributed by atoms with E-state index < -0.39 is 5.82 Å². The normalized spacial score (nSPS) is 10.4. The van der Waals surface area contributed by atoms with Crippen LogP contribution in [0.15, 0.2) is 42.5 Å². The molecule has 4 heteroatoms. The Balaban J connectivity index is 2.18. The van der Waals surface area contributed by atoms with Crippen molar-refractivity contribution in [3.8, 4) is 0 Å². The summed E-state index contributed by atoms with van der Waals surface area (Å²) < 4.78 is 26.3. The average molecular weight is 275 g/mol. The molecule has 0 heterocycles. The fourth-order valence-corrected chi connectivity index (χ4v) is 2.01. The lowest BCUT2D eigenvalue weighted by Crippen LogP contribution is -2.27. The van der Waals surface area contributed by atoms with Crippen molar-refractivity contribution in [3.63, 3.8) is 0 Å². The second-order valence-corrected chi connectivity index (χ2v) is 4.75. The van der Waals surface area contributed by atoms with Gasteiger partial charge in [-0.2, -0.15) is 0 Å². The van der Waals surface area contributed by atoms with E-state index in [2.05, 4.69) is 0 Å². The monoisotopic (exact) mass is 275 g/mol. The molecule has 0 N–H and O–H groups in total. The maximum absolute atomic E-state index is 13.2. The summed E-state index contributed by atoms with van der Waals surface area (Å²) in [6.45, 7) is 2.02. The van der Waals surface area contributed by atoms with Gasteiger partial charge in [0.15, 0.2) is 0 Å². The Kier molecular flexibility index (Phi) is 4.13. The summed E-state index contributed by atoms with van der Waals surface area (Å²) in [5, 5.41) is 0. The quantitative estimate of drug-likeness (QED) is 0.839. The second kappa shape index (κ2) is 5.82. The van der Waals surface area contributed by atoms with E-state index in [0.29, 0.717) is 16.7 Å². The molecule has 0 aliphatic heterocycles. The summed E-state index contributed by atoms with van der Waals surface area (Å²) >= 11 is 0. The summed E-state index contributed by atoms with van der Waals surface area (Å²) in [5.41, 5.74) is 1.72. The van der Waals surface area contributed by atoms with Gasteiger partial charge in [-0.1, -0.05) is 18.2 Å². The van der Waals surface area contributed by atoms with Crippen molar-refractivity contribution in [2.45, 2.75) is 13.5 Å². The van der Waals surface area contributed by atoms with Gasteiger partial charge in [0, 0.05) is 19.2 Å². The molecule has 0 aromatic heterocycles. The molecule has 0 unspecified atom stereocenters. The molecule has 0 saturated heterocycles. The van der Waals surface area contributed by atoms with Crippen molar-refractivity contribution >= 4 is 5.91 Å². The molecule has 2 rings (SSSR count). The molecular formula is C16H15F2NO. The zero-order valence-electron chi connectivity index (χ0n) is 11.4. The van der Waals surface area contributed by atoms with Crippen LogP contribution in [0.5, 0.6) is 0 Å². The Morgan fingerprint density at radius 1 is 1.10 bits per heavy atom. The van der Waals surface area contributed by atoms with E-state index in [1.165, 1.54) is 29.2 Å². The molecule has 2 aromatic rings. The van der Waals surface area contributed by atoms with Crippen molar-refractivity contribution in [3.05, 3.63) is 70.8 Å². The third-order valence-corrected chi connectivity index (χ3v) is 3.09. The first kappa shape index (κ1) is 14.2. The van der Waals surface area contributed by atoms with E-state index in [4.69, 9.17) is 0 Å². The number of carbonyl (C=O) groups excluding carboxylic acids is 1. The minimum atomic E-state index is -0.446. The lowest BCUT2D eigenvalue weighted by Gasteiger charge is -2.18. The van der Waals surface area contributed by atoms with E-state index in [9.17, 15) is 13.6 Å². The predicted molar refractivity (Wildman–Crippen MR) is 73.3 cm³/mol. The maximum atomic E-state index is 13.2. The minimum Gasteiger partial charge on any atom is -0.337 e. The Morgan fingerprint density at radius 3 is 2.50 bits per heavy atom. The fraction of sp³-hybridized carbons (Fsp3) is 0.188. The van der Waals surface area contributed by atoms with Crippen LogP contribution in [0.1, 0.15) is 21.5 Å². The number of rotatable bonds is 3. The molecule has 0 aliphatic rings. The van der Waals surface area contributed by atoms with E-state index in [0.717, 1.165) is 0 Å². The molecule has 104 valence electrons. The number of aryl methyl sites for hydroxylation is 1. The predicted octanol–water partition coefficient (Wildman–Crippen LogP) is 3.55. The topological polar surface area (TPSA) is 20.3 Å². The van der Waals surface area contributed by atoms with Gasteiger partial charge in [0.25, 0.3) is 5.91 Å². The van der Waals surface area contributed by atoms with Crippen LogP contribution in [0.4, 0.5) is 8.78 Å². The lowest BCUT2D eigenvalue weighted by molar-refractivity contribution is 0.0783. The first-order valence-corrected chi connectivity index (χ1v) is 6.23. The number of benzene rings is 2. The number of nitrogens with zero attached hydrogens (tertiary/aromatic N) is 1. The van der Waals surface area contributed by atoms with E-state index in [-0.39, 0.29) is 18.3 Å². The standard InChI is InChI=1S/C16H15F2NO/c1-11-6-7-14(18)9-15(11)16(20)19(2)10-12-4-3-5-13(17)8-12/h3-9H,10H2,1-2H3. The minimum absolute atomic E-state index is 0.270. The van der Waals surface area contributed by atoms with Gasteiger partial charge < -0.3 is 4.90 Å². The number of hydrogen-bond acceptors (Lipinski definition) is 1. The largest absolute Gasteiger partial charge is 0.337 e. The van der Waals surface area contributed by atoms with Crippen LogP contribution in [0.2, 0.25) is 0 Å². The fourth-order valence-electron chi connectivity index (χ4n) is 2.01. The summed E-state index contributed by atoms with van der Waals surface area (Å²) in [6.07, 6.45) is 0. The SMILES string of the molecule is Cc1ccc(F)cc1C(=O)N(C)Cc1cccc(F)c1. The van der Waals surface area contributed by atoms with Crippen molar-refractivity contribution < 1.29 is 13.6 Å². The second-order valence-electron chi connectivity index (χ2n) is 4.75. The smallest absolute Gasteiger partial charge is 0.254 e. The Bertz CT molecular complexity index is 640. The number of halogens is 2. The van der Waals surface area contributed by atoms with Crippen LogP contribution in [0.25, 0.3) is 0 Å². The van der Waals surface area contributed by atoms with Crippen LogP contribution in [0.3, 0.4) is 0 Å². The first-order valence-electron chi connectivity index (χ1n) is 6.23. The van der Waals surface area contributed by atoms with Crippen molar-refractivity contribution in [2.24, 2.45) is 0 Å². The highest BCUT2D eigenvalue weighted by atomic mass is 19.1. The van der Waals surface area contributed by atoms with Gasteiger partial charge in [-0.25, -0.2) is 8.78 Å². The maximum Gasteiger partial charge on any atom is 0.254 e. The Morgan fingerprint density at radius 2 is 1.80 bits per heavy atom. The highest BCUT2D eigenvalue weighted by Crippen LogP contribution is 2.14. The number of amides is 1. The molecular weight excluding hydrogens is 260 g/mol. The van der Waals surface area contributed by atoms with Crippen LogP contribution in [-0.4, -0.2) is 17.9 Å². The Labute approximate surface area is 116 Å². The molecule has 0 bridgehead atoms. The molecule has 2 nitrogen and oxygen atoms in total. The van der Waals surface area contributed by atoms with Crippen LogP contribution in [0, 0.1) is 18.6 Å². The van der Waals surface area contributed by atoms with Gasteiger partial charge in [0.1, 0.15) is 11.6 Å². The lowest BCUT2D eigenvalue weighted by atomic mass is 10.1. The highest BCUT2D eigenvalue weighted by molar-refractivity contribution is 5.95. The molecule has 1 amide bonds. The van der Waals surface area contributed by atoms with Crippen molar-refractivity contribution in [2.75, 3.05) is 7.05 Å². The third kappa shape index (κ3) is 3.20. The molecule has 2 aromatic carbocycles. The number of hydrogen-bond donors (Lipinski definition) is 0. The summed E-state index contributed by atoms with van der Waals surface area (Å²) in [4.78, 5) is 13.7. The zero-order valence-corrected chi connectivity index (χ0v) is 11.4. The Hall–Kier alpha value is -2.23. The van der Waals surface area contributed by atoms with E-state index in [1.807, 2.05) is 0 Å². The summed E-state index contributed by atoms with van der Waals surface area (Å²) in [5.74, 6) is -1.07. The molecule has 0 radical (unpaired) electrons. The van der Waals surface area contributed by atoms with Crippen LogP contribution < -0.4 is 0 Å². The van der Waals surface area contributed by atoms with Gasteiger partial charge in [-0.3, -0.25) is 4.79 Å². The highest BCUT2D eigenvalue weighted by Gasteiger charge is 2.15. The molecule has 0 fully saturated rings. The van der Waals surface area contributed by atoms with Gasteiger partial charge in [-0.15, -0.1) is 0 Å². The van der Waals surface area contributed by atoms with Crippen molar-refractivity contribution in [1.82, 2.24) is 4.90 Å². The van der Waals surface area contributed by atoms with Gasteiger partial charge >= 0.3 is 0 Å². The average Bonchev–Trinajstić information content (AvgIpc) is 2.40. The molecule has 20 heavy (non-hydrogen) atoms. The number of carbonyl (C=O) groups is 1. The van der Waals surface area contributed by atoms with Gasteiger partial charge in [0.2, 0.25) is 0 Å². The van der Waals surface area contributed by atoms with Crippen LogP contribution >= 0.6 is 0 Å². The third-order valence-electron chi connectivity index (χ3n) is 3.09. The van der Waals surface area contributed by atoms with Gasteiger partial charge in [0.05, 0.1) is 0 Å².